The van der Waals surface area contributed by atoms with E-state index in [-0.39, 0.29) is 0 Å². The first kappa shape index (κ1) is 12.8. The Labute approximate surface area is 121 Å². The Morgan fingerprint density at radius 2 is 1.95 bits per heavy atom. The minimum absolute atomic E-state index is 0.748. The topological polar surface area (TPSA) is 36.3 Å². The Kier molecular flexibility index (Phi) is 3.50. The zero-order valence-corrected chi connectivity index (χ0v) is 12.2. The van der Waals surface area contributed by atoms with E-state index in [0.29, 0.717) is 0 Å². The number of hydrogen-bond donors (Lipinski definition) is 1. The molecule has 1 aliphatic carbocycles. The van der Waals surface area contributed by atoms with E-state index in [9.17, 15) is 0 Å². The predicted octanol–water partition coefficient (Wildman–Crippen LogP) is 0.698. The summed E-state index contributed by atoms with van der Waals surface area (Å²) in [7, 11) is 0. The lowest BCUT2D eigenvalue weighted by Gasteiger charge is -2.37. The van der Waals surface area contributed by atoms with Crippen molar-refractivity contribution in [3.63, 3.8) is 0 Å². The van der Waals surface area contributed by atoms with Crippen molar-refractivity contribution in [2.45, 2.75) is 37.9 Å². The van der Waals surface area contributed by atoms with Gasteiger partial charge < -0.3 is 9.88 Å². The van der Waals surface area contributed by atoms with Crippen LogP contribution in [-0.4, -0.2) is 64.7 Å². The number of imidazole rings is 1. The van der Waals surface area contributed by atoms with Gasteiger partial charge in [-0.15, -0.1) is 0 Å². The first-order valence-electron chi connectivity index (χ1n) is 8.09. The van der Waals surface area contributed by atoms with Gasteiger partial charge in [0.1, 0.15) is 5.82 Å². The summed E-state index contributed by atoms with van der Waals surface area (Å²) in [5.74, 6) is 1.27. The maximum absolute atomic E-state index is 4.57. The molecule has 1 atom stereocenters. The number of hydrogen-bond acceptors (Lipinski definition) is 4. The lowest BCUT2D eigenvalue weighted by Crippen LogP contribution is -2.50. The second-order valence-electron chi connectivity index (χ2n) is 6.44. The molecule has 1 aromatic heterocycles. The van der Waals surface area contributed by atoms with Crippen molar-refractivity contribution in [3.8, 4) is 0 Å². The van der Waals surface area contributed by atoms with Gasteiger partial charge >= 0.3 is 0 Å². The molecule has 3 aliphatic rings. The monoisotopic (exact) mass is 275 g/mol. The fourth-order valence-electron chi connectivity index (χ4n) is 3.59. The van der Waals surface area contributed by atoms with Crippen molar-refractivity contribution < 1.29 is 0 Å². The molecular formula is C15H25N5. The highest BCUT2D eigenvalue weighted by Gasteiger charge is 2.28. The van der Waals surface area contributed by atoms with E-state index in [1.54, 1.807) is 0 Å². The van der Waals surface area contributed by atoms with Crippen LogP contribution in [0.5, 0.6) is 0 Å². The Hall–Kier alpha value is -0.910. The highest BCUT2D eigenvalue weighted by Crippen LogP contribution is 2.35. The zero-order chi connectivity index (χ0) is 13.4. The fourth-order valence-corrected chi connectivity index (χ4v) is 3.59. The Morgan fingerprint density at radius 1 is 1.10 bits per heavy atom. The van der Waals surface area contributed by atoms with Gasteiger partial charge in [-0.05, 0) is 25.8 Å². The Bertz CT molecular complexity index is 439. The molecule has 0 spiro atoms. The van der Waals surface area contributed by atoms with Crippen LogP contribution in [0.4, 0.5) is 0 Å². The van der Waals surface area contributed by atoms with E-state index in [0.717, 1.165) is 18.6 Å². The average Bonchev–Trinajstić information content (AvgIpc) is 3.00. The molecule has 110 valence electrons. The molecule has 0 unspecified atom stereocenters. The molecule has 5 heteroatoms. The Balaban J connectivity index is 1.31. The maximum Gasteiger partial charge on any atom is 0.123 e. The van der Waals surface area contributed by atoms with Gasteiger partial charge in [0, 0.05) is 57.2 Å². The number of aromatic nitrogens is 2. The predicted molar refractivity (Wildman–Crippen MR) is 78.6 cm³/mol. The Morgan fingerprint density at radius 3 is 2.65 bits per heavy atom. The van der Waals surface area contributed by atoms with Crippen molar-refractivity contribution >= 4 is 0 Å². The third-order valence-electron chi connectivity index (χ3n) is 5.01. The number of nitrogens with zero attached hydrogens (tertiary/aromatic N) is 4. The third-order valence-corrected chi connectivity index (χ3v) is 5.01. The maximum atomic E-state index is 4.57. The molecule has 5 nitrogen and oxygen atoms in total. The lowest BCUT2D eigenvalue weighted by atomic mass is 10.2. The molecule has 0 radical (unpaired) electrons. The van der Waals surface area contributed by atoms with Gasteiger partial charge in [-0.1, -0.05) is 0 Å². The SMILES string of the molecule is c1cn(C2CC2)c(CN2CCN([C@H]3CCNC3)CC2)n1. The molecule has 0 aromatic carbocycles. The fraction of sp³-hybridized carbons (Fsp3) is 0.800. The summed E-state index contributed by atoms with van der Waals surface area (Å²) in [5.41, 5.74) is 0. The summed E-state index contributed by atoms with van der Waals surface area (Å²) < 4.78 is 2.40. The average molecular weight is 275 g/mol. The second-order valence-corrected chi connectivity index (χ2v) is 6.44. The second kappa shape index (κ2) is 5.47. The van der Waals surface area contributed by atoms with Crippen LogP contribution in [0, 0.1) is 0 Å². The van der Waals surface area contributed by atoms with Crippen molar-refractivity contribution in [3.05, 3.63) is 18.2 Å². The lowest BCUT2D eigenvalue weighted by molar-refractivity contribution is 0.0957. The molecule has 3 fully saturated rings. The van der Waals surface area contributed by atoms with E-state index < -0.39 is 0 Å². The van der Waals surface area contributed by atoms with Gasteiger partial charge in [-0.3, -0.25) is 9.80 Å². The van der Waals surface area contributed by atoms with Crippen LogP contribution in [0.2, 0.25) is 0 Å². The quantitative estimate of drug-likeness (QED) is 0.877. The summed E-state index contributed by atoms with van der Waals surface area (Å²) in [5, 5.41) is 3.48. The molecule has 0 bridgehead atoms. The molecule has 1 aromatic rings. The third kappa shape index (κ3) is 2.62. The minimum atomic E-state index is 0.748. The van der Waals surface area contributed by atoms with E-state index in [1.807, 2.05) is 6.20 Å². The standard InChI is InChI=1S/C15H25N5/c1-2-13(1)20-6-5-17-15(20)12-18-7-9-19(10-8-18)14-3-4-16-11-14/h5-6,13-14,16H,1-4,7-12H2/t14-/m0/s1. The van der Waals surface area contributed by atoms with Crippen LogP contribution in [0.15, 0.2) is 12.4 Å². The molecule has 1 saturated carbocycles. The minimum Gasteiger partial charge on any atom is -0.331 e. The van der Waals surface area contributed by atoms with Crippen LogP contribution in [-0.2, 0) is 6.54 Å². The summed E-state index contributed by atoms with van der Waals surface area (Å²) in [6, 6.07) is 1.53. The van der Waals surface area contributed by atoms with Gasteiger partial charge in [0.2, 0.25) is 0 Å². The van der Waals surface area contributed by atoms with Crippen molar-refractivity contribution in [1.82, 2.24) is 24.7 Å². The zero-order valence-electron chi connectivity index (χ0n) is 12.2. The number of nitrogens with one attached hydrogen (secondary N) is 1. The van der Waals surface area contributed by atoms with E-state index in [1.165, 1.54) is 64.4 Å². The largest absolute Gasteiger partial charge is 0.331 e. The van der Waals surface area contributed by atoms with Crippen LogP contribution in [0.3, 0.4) is 0 Å². The van der Waals surface area contributed by atoms with E-state index in [2.05, 4.69) is 30.9 Å². The molecule has 20 heavy (non-hydrogen) atoms. The van der Waals surface area contributed by atoms with Crippen LogP contribution in [0.25, 0.3) is 0 Å². The van der Waals surface area contributed by atoms with E-state index >= 15 is 0 Å². The summed E-state index contributed by atoms with van der Waals surface area (Å²) >= 11 is 0. The van der Waals surface area contributed by atoms with Crippen LogP contribution in [0.1, 0.15) is 31.1 Å². The van der Waals surface area contributed by atoms with E-state index in [4.69, 9.17) is 0 Å². The molecule has 2 aliphatic heterocycles. The first-order valence-corrected chi connectivity index (χ1v) is 8.09. The van der Waals surface area contributed by atoms with Crippen molar-refractivity contribution in [2.24, 2.45) is 0 Å². The molecule has 1 N–H and O–H groups in total. The van der Waals surface area contributed by atoms with Gasteiger partial charge in [0.05, 0.1) is 6.54 Å². The molecule has 3 heterocycles. The normalized spacial score (nSPS) is 29.1. The van der Waals surface area contributed by atoms with Crippen molar-refractivity contribution in [2.75, 3.05) is 39.3 Å². The smallest absolute Gasteiger partial charge is 0.123 e. The molecule has 4 rings (SSSR count). The summed E-state index contributed by atoms with van der Waals surface area (Å²) in [4.78, 5) is 9.81. The molecule has 2 saturated heterocycles. The first-order chi connectivity index (χ1) is 9.90. The highest BCUT2D eigenvalue weighted by molar-refractivity contribution is 5.00. The van der Waals surface area contributed by atoms with Gasteiger partial charge in [0.25, 0.3) is 0 Å². The highest BCUT2D eigenvalue weighted by atomic mass is 15.3. The molecular weight excluding hydrogens is 250 g/mol. The summed E-state index contributed by atoms with van der Waals surface area (Å²) in [6.45, 7) is 8.23. The van der Waals surface area contributed by atoms with Gasteiger partial charge in [-0.2, -0.15) is 0 Å². The molecule has 0 amide bonds. The van der Waals surface area contributed by atoms with Crippen LogP contribution < -0.4 is 5.32 Å². The number of piperazine rings is 1. The summed E-state index contributed by atoms with van der Waals surface area (Å²) in [6.07, 6.45) is 8.13. The van der Waals surface area contributed by atoms with Gasteiger partial charge in [0.15, 0.2) is 0 Å². The van der Waals surface area contributed by atoms with Crippen molar-refractivity contribution in [1.29, 1.82) is 0 Å². The van der Waals surface area contributed by atoms with Gasteiger partial charge in [-0.25, -0.2) is 4.98 Å². The number of rotatable bonds is 4. The van der Waals surface area contributed by atoms with Crippen LogP contribution >= 0.6 is 0 Å².